The summed E-state index contributed by atoms with van der Waals surface area (Å²) in [6, 6.07) is 16.2. The molecule has 6 heteroatoms. The third-order valence-electron chi connectivity index (χ3n) is 5.04. The minimum atomic E-state index is -0.0204. The Hall–Kier alpha value is -2.50. The number of nitrogens with zero attached hydrogens (tertiary/aromatic N) is 3. The summed E-state index contributed by atoms with van der Waals surface area (Å²) in [5, 5.41) is 2.60. The van der Waals surface area contributed by atoms with Crippen LogP contribution in [0.15, 0.2) is 58.4 Å². The minimum absolute atomic E-state index is 0.0204. The zero-order valence-corrected chi connectivity index (χ0v) is 17.5. The second-order valence-corrected chi connectivity index (χ2v) is 8.09. The summed E-state index contributed by atoms with van der Waals surface area (Å²) < 4.78 is 2.26. The molecule has 142 valence electrons. The van der Waals surface area contributed by atoms with E-state index in [1.165, 1.54) is 11.8 Å². The van der Waals surface area contributed by atoms with Gasteiger partial charge in [-0.2, -0.15) is 0 Å². The van der Waals surface area contributed by atoms with Gasteiger partial charge in [0.15, 0.2) is 5.17 Å². The number of hydrogen-bond donors (Lipinski definition) is 0. The van der Waals surface area contributed by atoms with Gasteiger partial charge in [-0.1, -0.05) is 48.0 Å². The lowest BCUT2D eigenvalue weighted by Gasteiger charge is -2.10. The maximum absolute atomic E-state index is 12.6. The lowest BCUT2D eigenvalue weighted by molar-refractivity contribution is -0.121. The Morgan fingerprint density at radius 1 is 1.14 bits per heavy atom. The second-order valence-electron chi connectivity index (χ2n) is 6.67. The molecule has 3 aromatic rings. The molecular formula is C22H20ClN3OS. The molecule has 0 N–H and O–H groups in total. The Balaban J connectivity index is 1.85. The van der Waals surface area contributed by atoms with Gasteiger partial charge in [-0.3, -0.25) is 14.7 Å². The van der Waals surface area contributed by atoms with Crippen LogP contribution in [-0.2, 0) is 11.3 Å². The van der Waals surface area contributed by atoms with Gasteiger partial charge < -0.3 is 4.57 Å². The van der Waals surface area contributed by atoms with E-state index in [9.17, 15) is 4.79 Å². The highest BCUT2D eigenvalue weighted by Gasteiger charge is 2.30. The first-order valence-electron chi connectivity index (χ1n) is 8.97. The first-order chi connectivity index (χ1) is 13.5. The van der Waals surface area contributed by atoms with Crippen LogP contribution in [0.2, 0.25) is 5.02 Å². The van der Waals surface area contributed by atoms with Gasteiger partial charge in [0.2, 0.25) is 0 Å². The van der Waals surface area contributed by atoms with E-state index in [-0.39, 0.29) is 5.91 Å². The largest absolute Gasteiger partial charge is 0.340 e. The number of carbonyl (C=O) groups excluding carboxylic acids is 1. The SMILES string of the molecule is CN=C1S/C(=C\c2c(C)n(Cc3ccccc3Cl)c3ccccc23)C(=O)N1C. The summed E-state index contributed by atoms with van der Waals surface area (Å²) >= 11 is 7.81. The number of halogens is 1. The van der Waals surface area contributed by atoms with Crippen LogP contribution >= 0.6 is 23.4 Å². The van der Waals surface area contributed by atoms with Gasteiger partial charge >= 0.3 is 0 Å². The summed E-state index contributed by atoms with van der Waals surface area (Å²) in [5.74, 6) is -0.0204. The molecule has 1 fully saturated rings. The van der Waals surface area contributed by atoms with Crippen LogP contribution in [0.3, 0.4) is 0 Å². The van der Waals surface area contributed by atoms with E-state index < -0.39 is 0 Å². The molecule has 4 rings (SSSR count). The van der Waals surface area contributed by atoms with Crippen molar-refractivity contribution in [2.45, 2.75) is 13.5 Å². The van der Waals surface area contributed by atoms with Gasteiger partial charge in [-0.15, -0.1) is 0 Å². The van der Waals surface area contributed by atoms with Gasteiger partial charge in [0.05, 0.1) is 4.91 Å². The summed E-state index contributed by atoms with van der Waals surface area (Å²) in [7, 11) is 3.46. The van der Waals surface area contributed by atoms with E-state index in [4.69, 9.17) is 11.6 Å². The zero-order valence-electron chi connectivity index (χ0n) is 15.9. The second kappa shape index (κ2) is 7.49. The van der Waals surface area contributed by atoms with Crippen molar-refractivity contribution in [3.05, 3.63) is 75.3 Å². The Kier molecular flexibility index (Phi) is 5.04. The quantitative estimate of drug-likeness (QED) is 0.558. The summed E-state index contributed by atoms with van der Waals surface area (Å²) in [6.07, 6.45) is 1.99. The van der Waals surface area contributed by atoms with Crippen molar-refractivity contribution in [1.82, 2.24) is 9.47 Å². The normalized spacial score (nSPS) is 17.4. The molecule has 1 aromatic heterocycles. The highest BCUT2D eigenvalue weighted by molar-refractivity contribution is 8.18. The van der Waals surface area contributed by atoms with Crippen molar-refractivity contribution < 1.29 is 4.79 Å². The molecule has 2 aromatic carbocycles. The summed E-state index contributed by atoms with van der Waals surface area (Å²) in [5.41, 5.74) is 4.36. The molecule has 1 aliphatic heterocycles. The number of fused-ring (bicyclic) bond motifs is 1. The number of rotatable bonds is 3. The van der Waals surface area contributed by atoms with Crippen molar-refractivity contribution in [2.24, 2.45) is 4.99 Å². The van der Waals surface area contributed by atoms with Crippen LogP contribution in [0.25, 0.3) is 17.0 Å². The van der Waals surface area contributed by atoms with Crippen molar-refractivity contribution in [1.29, 1.82) is 0 Å². The fourth-order valence-corrected chi connectivity index (χ4v) is 4.63. The number of thioether (sulfide) groups is 1. The predicted octanol–water partition coefficient (Wildman–Crippen LogP) is 5.18. The number of hydrogen-bond acceptors (Lipinski definition) is 3. The number of aliphatic imine (C=N–C) groups is 1. The predicted molar refractivity (Wildman–Crippen MR) is 119 cm³/mol. The monoisotopic (exact) mass is 409 g/mol. The first kappa shape index (κ1) is 18.8. The molecule has 28 heavy (non-hydrogen) atoms. The van der Waals surface area contributed by atoms with Crippen LogP contribution in [0.5, 0.6) is 0 Å². The van der Waals surface area contributed by atoms with E-state index in [2.05, 4.69) is 28.6 Å². The third-order valence-corrected chi connectivity index (χ3v) is 6.56. The van der Waals surface area contributed by atoms with E-state index >= 15 is 0 Å². The Bertz CT molecular complexity index is 1150. The lowest BCUT2D eigenvalue weighted by atomic mass is 10.1. The number of carbonyl (C=O) groups is 1. The molecule has 0 atom stereocenters. The van der Waals surface area contributed by atoms with E-state index in [1.807, 2.05) is 42.5 Å². The smallest absolute Gasteiger partial charge is 0.266 e. The van der Waals surface area contributed by atoms with Crippen LogP contribution in [0, 0.1) is 6.92 Å². The summed E-state index contributed by atoms with van der Waals surface area (Å²) in [4.78, 5) is 19.1. The molecule has 1 saturated heterocycles. The highest BCUT2D eigenvalue weighted by atomic mass is 35.5. The molecule has 2 heterocycles. The van der Waals surface area contributed by atoms with Gasteiger partial charge in [0.1, 0.15) is 0 Å². The van der Waals surface area contributed by atoms with Crippen LogP contribution in [0.1, 0.15) is 16.8 Å². The number of amidine groups is 1. The van der Waals surface area contributed by atoms with E-state index in [1.54, 1.807) is 19.0 Å². The van der Waals surface area contributed by atoms with Crippen LogP contribution in [0.4, 0.5) is 0 Å². The van der Waals surface area contributed by atoms with Crippen molar-refractivity contribution in [3.63, 3.8) is 0 Å². The minimum Gasteiger partial charge on any atom is -0.340 e. The van der Waals surface area contributed by atoms with Crippen LogP contribution < -0.4 is 0 Å². The molecule has 0 unspecified atom stereocenters. The molecule has 0 radical (unpaired) electrons. The number of para-hydroxylation sites is 1. The number of aromatic nitrogens is 1. The molecule has 1 aliphatic rings. The topological polar surface area (TPSA) is 37.6 Å². The van der Waals surface area contributed by atoms with Crippen molar-refractivity contribution in [2.75, 3.05) is 14.1 Å². The van der Waals surface area contributed by atoms with E-state index in [0.29, 0.717) is 16.6 Å². The lowest BCUT2D eigenvalue weighted by Crippen LogP contribution is -2.23. The third kappa shape index (κ3) is 3.15. The molecule has 1 amide bonds. The van der Waals surface area contributed by atoms with Gasteiger partial charge in [-0.25, -0.2) is 0 Å². The van der Waals surface area contributed by atoms with Gasteiger partial charge in [0, 0.05) is 47.8 Å². The highest BCUT2D eigenvalue weighted by Crippen LogP contribution is 2.35. The maximum Gasteiger partial charge on any atom is 0.266 e. The standard InChI is InChI=1S/C22H20ClN3OS/c1-14-17(12-20-21(27)25(3)22(24-2)28-20)16-9-5-7-11-19(16)26(14)13-15-8-4-6-10-18(15)23/h4-12H,13H2,1-3H3/b20-12-,24-22?. The zero-order chi connectivity index (χ0) is 19.8. The average Bonchev–Trinajstić information content (AvgIpc) is 3.13. The molecular weight excluding hydrogens is 390 g/mol. The first-order valence-corrected chi connectivity index (χ1v) is 10.2. The number of benzene rings is 2. The fourth-order valence-electron chi connectivity index (χ4n) is 3.52. The Morgan fingerprint density at radius 2 is 1.86 bits per heavy atom. The van der Waals surface area contributed by atoms with Gasteiger partial charge in [-0.05, 0) is 42.5 Å². The molecule has 0 spiro atoms. The van der Waals surface area contributed by atoms with Crippen LogP contribution in [-0.4, -0.2) is 34.6 Å². The maximum atomic E-state index is 12.6. The molecule has 0 saturated carbocycles. The molecule has 4 nitrogen and oxygen atoms in total. The average molecular weight is 410 g/mol. The van der Waals surface area contributed by atoms with Crippen molar-refractivity contribution >= 4 is 51.4 Å². The molecule has 0 aliphatic carbocycles. The van der Waals surface area contributed by atoms with E-state index in [0.717, 1.165) is 32.7 Å². The Morgan fingerprint density at radius 3 is 2.57 bits per heavy atom. The number of likely N-dealkylation sites (N-methyl/N-ethyl adjacent to an activating group) is 1. The number of amides is 1. The molecule has 0 bridgehead atoms. The summed E-state index contributed by atoms with van der Waals surface area (Å²) in [6.45, 7) is 2.77. The Labute approximate surface area is 173 Å². The van der Waals surface area contributed by atoms with Gasteiger partial charge in [0.25, 0.3) is 5.91 Å². The fraction of sp³-hybridized carbons (Fsp3) is 0.182. The van der Waals surface area contributed by atoms with Crippen molar-refractivity contribution in [3.8, 4) is 0 Å².